The molecule has 1 aromatic heterocycles. The maximum absolute atomic E-state index is 12.5. The largest absolute Gasteiger partial charge is 0.404 e. The molecule has 0 radical (unpaired) electrons. The van der Waals surface area contributed by atoms with Gasteiger partial charge in [-0.05, 0) is 60.1 Å². The van der Waals surface area contributed by atoms with Crippen LogP contribution in [-0.4, -0.2) is 36.4 Å². The van der Waals surface area contributed by atoms with Crippen molar-refractivity contribution < 1.29 is 4.79 Å². The summed E-state index contributed by atoms with van der Waals surface area (Å²) in [6.07, 6.45) is 9.32. The number of fused-ring (bicyclic) bond motifs is 1. The summed E-state index contributed by atoms with van der Waals surface area (Å²) in [6.45, 7) is 5.71. The van der Waals surface area contributed by atoms with Crippen LogP contribution >= 0.6 is 0 Å². The Labute approximate surface area is 170 Å². The zero-order chi connectivity index (χ0) is 20.8. The first-order valence-electron chi connectivity index (χ1n) is 9.53. The van der Waals surface area contributed by atoms with Crippen LogP contribution in [0.5, 0.6) is 0 Å². The molecule has 0 fully saturated rings. The minimum Gasteiger partial charge on any atom is -0.404 e. The van der Waals surface area contributed by atoms with Gasteiger partial charge >= 0.3 is 0 Å². The van der Waals surface area contributed by atoms with Gasteiger partial charge in [0.05, 0.1) is 12.1 Å². The third-order valence-electron chi connectivity index (χ3n) is 5.01. The van der Waals surface area contributed by atoms with E-state index < -0.39 is 0 Å². The summed E-state index contributed by atoms with van der Waals surface area (Å²) in [5, 5.41) is 4.89. The Morgan fingerprint density at radius 2 is 2.17 bits per heavy atom. The van der Waals surface area contributed by atoms with E-state index in [9.17, 15) is 4.79 Å². The lowest BCUT2D eigenvalue weighted by molar-refractivity contribution is -0.117. The van der Waals surface area contributed by atoms with Crippen molar-refractivity contribution in [1.82, 2.24) is 10.3 Å². The molecule has 1 amide bonds. The molecule has 1 aliphatic rings. The molecule has 3 rings (SSSR count). The second kappa shape index (κ2) is 9.14. The van der Waals surface area contributed by atoms with Crippen LogP contribution in [0.2, 0.25) is 0 Å². The molecule has 1 aromatic carbocycles. The first kappa shape index (κ1) is 20.3. The summed E-state index contributed by atoms with van der Waals surface area (Å²) in [5.41, 5.74) is 16.2. The van der Waals surface area contributed by atoms with Gasteiger partial charge in [-0.3, -0.25) is 14.8 Å². The second-order valence-electron chi connectivity index (χ2n) is 6.97. The number of nitrogens with two attached hydrogens (primary N) is 2. The third-order valence-corrected chi connectivity index (χ3v) is 5.01. The molecule has 2 aromatic rings. The highest BCUT2D eigenvalue weighted by molar-refractivity contribution is 6.12. The number of hydrogen-bond acceptors (Lipinski definition) is 6. The summed E-state index contributed by atoms with van der Waals surface area (Å²) < 4.78 is 0. The van der Waals surface area contributed by atoms with E-state index >= 15 is 0 Å². The van der Waals surface area contributed by atoms with Crippen LogP contribution in [0, 0.1) is 13.8 Å². The van der Waals surface area contributed by atoms with Gasteiger partial charge in [0.2, 0.25) is 0 Å². The topological polar surface area (TPSA) is 119 Å². The normalized spacial score (nSPS) is 14.4. The van der Waals surface area contributed by atoms with Gasteiger partial charge in [0, 0.05) is 43.3 Å². The molecular weight excluding hydrogens is 364 g/mol. The number of dihydropyridines is 1. The highest BCUT2D eigenvalue weighted by Gasteiger charge is 2.12. The van der Waals surface area contributed by atoms with Crippen LogP contribution in [0.3, 0.4) is 0 Å². The van der Waals surface area contributed by atoms with E-state index in [0.717, 1.165) is 46.0 Å². The predicted octanol–water partition coefficient (Wildman–Crippen LogP) is 2.36. The fourth-order valence-electron chi connectivity index (χ4n) is 3.36. The third kappa shape index (κ3) is 4.68. The number of benzene rings is 1. The van der Waals surface area contributed by atoms with Gasteiger partial charge < -0.3 is 16.8 Å². The number of nitrogens with zero attached hydrogens (tertiary/aromatic N) is 3. The van der Waals surface area contributed by atoms with Crippen LogP contribution in [-0.2, 0) is 11.3 Å². The van der Waals surface area contributed by atoms with Crippen LogP contribution in [0.15, 0.2) is 51.7 Å². The second-order valence-corrected chi connectivity index (χ2v) is 6.97. The number of nitrogens with one attached hydrogen (secondary N) is 1. The summed E-state index contributed by atoms with van der Waals surface area (Å²) in [6, 6.07) is 3.94. The quantitative estimate of drug-likeness (QED) is 0.518. The summed E-state index contributed by atoms with van der Waals surface area (Å²) in [5.74, 6) is 0.239. The molecule has 7 heteroatoms. The number of rotatable bonds is 6. The number of hydrogen-bond donors (Lipinski definition) is 3. The number of aromatic nitrogens is 1. The molecule has 150 valence electrons. The first-order valence-corrected chi connectivity index (χ1v) is 9.53. The molecule has 29 heavy (non-hydrogen) atoms. The fourth-order valence-corrected chi connectivity index (χ4v) is 3.36. The van der Waals surface area contributed by atoms with Crippen molar-refractivity contribution in [3.8, 4) is 0 Å². The molecule has 0 spiro atoms. The minimum atomic E-state index is -0.268. The van der Waals surface area contributed by atoms with Gasteiger partial charge in [-0.15, -0.1) is 0 Å². The van der Waals surface area contributed by atoms with E-state index in [-0.39, 0.29) is 5.91 Å². The van der Waals surface area contributed by atoms with Crippen LogP contribution < -0.4 is 16.8 Å². The lowest BCUT2D eigenvalue weighted by Crippen LogP contribution is -2.26. The van der Waals surface area contributed by atoms with E-state index in [1.807, 2.05) is 32.2 Å². The highest BCUT2D eigenvalue weighted by Crippen LogP contribution is 2.27. The Hall–Kier alpha value is -3.48. The molecule has 0 saturated carbocycles. The molecule has 0 atom stereocenters. The van der Waals surface area contributed by atoms with E-state index in [1.54, 1.807) is 6.20 Å². The van der Waals surface area contributed by atoms with Crippen LogP contribution in [0.1, 0.15) is 23.1 Å². The van der Waals surface area contributed by atoms with Gasteiger partial charge in [0.15, 0.2) is 0 Å². The van der Waals surface area contributed by atoms with E-state index in [4.69, 9.17) is 11.5 Å². The summed E-state index contributed by atoms with van der Waals surface area (Å²) in [7, 11) is 0. The Morgan fingerprint density at radius 1 is 1.34 bits per heavy atom. The number of aryl methyl sites for hydroxylation is 2. The van der Waals surface area contributed by atoms with Crippen molar-refractivity contribution in [3.63, 3.8) is 0 Å². The molecule has 0 saturated heterocycles. The van der Waals surface area contributed by atoms with Gasteiger partial charge in [-0.25, -0.2) is 4.98 Å². The van der Waals surface area contributed by atoms with Crippen molar-refractivity contribution in [3.05, 3.63) is 58.4 Å². The molecule has 0 aliphatic carbocycles. The van der Waals surface area contributed by atoms with Gasteiger partial charge in [0.1, 0.15) is 5.82 Å². The van der Waals surface area contributed by atoms with Crippen LogP contribution in [0.25, 0.3) is 10.8 Å². The fraction of sp³-hybridized carbons (Fsp3) is 0.273. The number of carbonyl (C=O) groups excluding carboxylic acids is 1. The van der Waals surface area contributed by atoms with Crippen molar-refractivity contribution in [2.24, 2.45) is 15.7 Å². The SMILES string of the molecule is Cc1cc2c(N)nccc2c(C)c1CNC(=O)/C(C=NCC1=CCCN=C1)=C/N. The summed E-state index contributed by atoms with van der Waals surface area (Å²) >= 11 is 0. The Kier molecular flexibility index (Phi) is 6.39. The number of pyridine rings is 1. The average Bonchev–Trinajstić information content (AvgIpc) is 2.72. The van der Waals surface area contributed by atoms with Crippen molar-refractivity contribution >= 4 is 34.9 Å². The molecule has 7 nitrogen and oxygen atoms in total. The number of anilines is 1. The standard InChI is InChI=1S/C22H26N6O/c1-14-8-19-18(5-7-27-21(19)24)15(2)20(14)13-28-22(29)17(9-23)12-26-11-16-4-3-6-25-10-16/h4-5,7-10,12H,3,6,11,13,23H2,1-2H3,(H2,24,27)(H,28,29)/b17-9+,26-12?. The smallest absolute Gasteiger partial charge is 0.254 e. The van der Waals surface area contributed by atoms with E-state index in [0.29, 0.717) is 24.5 Å². The van der Waals surface area contributed by atoms with Gasteiger partial charge in [0.25, 0.3) is 5.91 Å². The molecule has 5 N–H and O–H groups in total. The molecule has 0 unspecified atom stereocenters. The predicted molar refractivity (Wildman–Crippen MR) is 119 cm³/mol. The van der Waals surface area contributed by atoms with Crippen molar-refractivity contribution in [2.45, 2.75) is 26.8 Å². The number of nitrogen functional groups attached to an aromatic ring is 1. The van der Waals surface area contributed by atoms with E-state index in [2.05, 4.69) is 26.4 Å². The number of amides is 1. The zero-order valence-corrected chi connectivity index (χ0v) is 16.8. The summed E-state index contributed by atoms with van der Waals surface area (Å²) in [4.78, 5) is 25.2. The molecule has 2 heterocycles. The Morgan fingerprint density at radius 3 is 2.90 bits per heavy atom. The monoisotopic (exact) mass is 390 g/mol. The van der Waals surface area contributed by atoms with Crippen molar-refractivity contribution in [2.75, 3.05) is 18.8 Å². The molecule has 0 bridgehead atoms. The maximum atomic E-state index is 12.5. The number of carbonyl (C=O) groups is 1. The maximum Gasteiger partial charge on any atom is 0.254 e. The van der Waals surface area contributed by atoms with Crippen molar-refractivity contribution in [1.29, 1.82) is 0 Å². The first-order chi connectivity index (χ1) is 14.0. The Bertz CT molecular complexity index is 1050. The molecule has 1 aliphatic heterocycles. The average molecular weight is 390 g/mol. The lowest BCUT2D eigenvalue weighted by Gasteiger charge is -2.15. The highest BCUT2D eigenvalue weighted by atomic mass is 16.1. The van der Waals surface area contributed by atoms with E-state index in [1.165, 1.54) is 12.4 Å². The van der Waals surface area contributed by atoms with Gasteiger partial charge in [-0.1, -0.05) is 6.08 Å². The molecular formula is C22H26N6O. The lowest BCUT2D eigenvalue weighted by atomic mass is 9.96. The zero-order valence-electron chi connectivity index (χ0n) is 16.8. The minimum absolute atomic E-state index is 0.268. The van der Waals surface area contributed by atoms with Crippen LogP contribution in [0.4, 0.5) is 5.82 Å². The Balaban J connectivity index is 1.69. The number of aliphatic imine (C=N–C) groups is 2. The van der Waals surface area contributed by atoms with Gasteiger partial charge in [-0.2, -0.15) is 0 Å².